The van der Waals surface area contributed by atoms with Crippen molar-refractivity contribution in [1.82, 2.24) is 9.88 Å². The summed E-state index contributed by atoms with van der Waals surface area (Å²) >= 11 is 0. The van der Waals surface area contributed by atoms with Crippen LogP contribution in [-0.4, -0.2) is 34.0 Å². The number of pyridine rings is 1. The molecule has 1 aliphatic heterocycles. The molecule has 5 heteroatoms. The minimum absolute atomic E-state index is 0.0593. The number of oxime groups is 1. The largest absolute Gasteiger partial charge is 0.409 e. The minimum Gasteiger partial charge on any atom is -0.409 e. The van der Waals surface area contributed by atoms with Crippen LogP contribution >= 0.6 is 0 Å². The van der Waals surface area contributed by atoms with Gasteiger partial charge >= 0.3 is 0 Å². The predicted molar refractivity (Wildman–Crippen MR) is 79.7 cm³/mol. The van der Waals surface area contributed by atoms with E-state index in [-0.39, 0.29) is 5.84 Å². The van der Waals surface area contributed by atoms with E-state index in [4.69, 9.17) is 10.9 Å². The van der Waals surface area contributed by atoms with E-state index in [2.05, 4.69) is 28.9 Å². The molecule has 0 bridgehead atoms. The summed E-state index contributed by atoms with van der Waals surface area (Å²) in [4.78, 5) is 6.57. The molecule has 110 valence electrons. The topological polar surface area (TPSA) is 74.7 Å². The highest BCUT2D eigenvalue weighted by atomic mass is 16.4. The first kappa shape index (κ1) is 14.8. The van der Waals surface area contributed by atoms with Crippen LogP contribution in [0.25, 0.3) is 0 Å². The Bertz CT molecular complexity index is 479. The molecule has 2 rings (SSSR count). The van der Waals surface area contributed by atoms with E-state index in [0.717, 1.165) is 25.2 Å². The van der Waals surface area contributed by atoms with Gasteiger partial charge in [0.25, 0.3) is 0 Å². The number of nitrogens with zero attached hydrogens (tertiary/aromatic N) is 3. The van der Waals surface area contributed by atoms with E-state index in [9.17, 15) is 0 Å². The van der Waals surface area contributed by atoms with Crippen LogP contribution in [0.2, 0.25) is 0 Å². The maximum absolute atomic E-state index is 8.70. The van der Waals surface area contributed by atoms with Gasteiger partial charge in [0.2, 0.25) is 0 Å². The molecule has 0 aromatic carbocycles. The number of piperidine rings is 1. The van der Waals surface area contributed by atoms with Gasteiger partial charge in [-0.3, -0.25) is 9.88 Å². The van der Waals surface area contributed by atoms with Crippen LogP contribution in [0.3, 0.4) is 0 Å². The summed E-state index contributed by atoms with van der Waals surface area (Å²) in [7, 11) is 0. The molecule has 0 radical (unpaired) electrons. The van der Waals surface area contributed by atoms with Gasteiger partial charge in [-0.25, -0.2) is 0 Å². The number of aromatic nitrogens is 1. The summed E-state index contributed by atoms with van der Waals surface area (Å²) in [5.41, 5.74) is 7.76. The van der Waals surface area contributed by atoms with Gasteiger partial charge in [-0.15, -0.1) is 0 Å². The molecule has 20 heavy (non-hydrogen) atoms. The molecule has 2 heterocycles. The first-order valence-corrected chi connectivity index (χ1v) is 7.21. The second-order valence-corrected chi connectivity index (χ2v) is 5.97. The molecule has 0 saturated carbocycles. The molecule has 1 aliphatic rings. The van der Waals surface area contributed by atoms with Crippen molar-refractivity contribution < 1.29 is 5.21 Å². The van der Waals surface area contributed by atoms with E-state index in [1.54, 1.807) is 6.20 Å². The Labute approximate surface area is 120 Å². The molecular weight excluding hydrogens is 252 g/mol. The summed E-state index contributed by atoms with van der Waals surface area (Å²) in [6.45, 7) is 7.82. The van der Waals surface area contributed by atoms with E-state index >= 15 is 0 Å². The third-order valence-electron chi connectivity index (χ3n) is 4.52. The van der Waals surface area contributed by atoms with Crippen molar-refractivity contribution in [3.63, 3.8) is 0 Å². The van der Waals surface area contributed by atoms with Crippen LogP contribution in [0.1, 0.15) is 44.4 Å². The smallest absolute Gasteiger partial charge is 0.188 e. The van der Waals surface area contributed by atoms with Crippen LogP contribution in [0.4, 0.5) is 0 Å². The Morgan fingerprint density at radius 1 is 1.50 bits per heavy atom. The number of amidine groups is 1. The number of rotatable bonds is 4. The summed E-state index contributed by atoms with van der Waals surface area (Å²) in [5, 5.41) is 11.7. The first-order valence-electron chi connectivity index (χ1n) is 7.21. The van der Waals surface area contributed by atoms with Crippen molar-refractivity contribution in [2.75, 3.05) is 13.1 Å². The van der Waals surface area contributed by atoms with E-state index in [1.165, 1.54) is 19.3 Å². The van der Waals surface area contributed by atoms with E-state index in [0.29, 0.717) is 11.1 Å². The van der Waals surface area contributed by atoms with Crippen LogP contribution in [0, 0.1) is 5.41 Å². The predicted octanol–water partition coefficient (Wildman–Crippen LogP) is 2.19. The van der Waals surface area contributed by atoms with Gasteiger partial charge in [0.15, 0.2) is 5.84 Å². The standard InChI is InChI=1S/C15H24N4O/c1-3-15(2)5-8-19(9-6-15)11-12-4-7-17-13(10-12)14(16)18-20/h4,7,10,20H,3,5-6,8-9,11H2,1-2H3,(H2,16,18). The molecule has 3 N–H and O–H groups in total. The fourth-order valence-electron chi connectivity index (χ4n) is 2.63. The summed E-state index contributed by atoms with van der Waals surface area (Å²) in [6, 6.07) is 3.88. The lowest BCUT2D eigenvalue weighted by Gasteiger charge is -2.39. The molecule has 1 saturated heterocycles. The number of likely N-dealkylation sites (tertiary alicyclic amines) is 1. The summed E-state index contributed by atoms with van der Waals surface area (Å²) in [6.07, 6.45) is 5.47. The molecule has 5 nitrogen and oxygen atoms in total. The number of hydrogen-bond donors (Lipinski definition) is 2. The van der Waals surface area contributed by atoms with Crippen molar-refractivity contribution in [2.45, 2.75) is 39.7 Å². The van der Waals surface area contributed by atoms with Gasteiger partial charge in [-0.05, 0) is 49.0 Å². The quantitative estimate of drug-likeness (QED) is 0.382. The van der Waals surface area contributed by atoms with Gasteiger partial charge in [0, 0.05) is 12.7 Å². The average Bonchev–Trinajstić information content (AvgIpc) is 2.49. The molecule has 0 spiro atoms. The molecule has 1 aromatic rings. The zero-order valence-electron chi connectivity index (χ0n) is 12.3. The Morgan fingerprint density at radius 2 is 2.20 bits per heavy atom. The Hall–Kier alpha value is -1.62. The Kier molecular flexibility index (Phi) is 4.60. The van der Waals surface area contributed by atoms with Crippen molar-refractivity contribution in [2.24, 2.45) is 16.3 Å². The van der Waals surface area contributed by atoms with Crippen molar-refractivity contribution in [1.29, 1.82) is 0 Å². The maximum Gasteiger partial charge on any atom is 0.188 e. The number of hydrogen-bond acceptors (Lipinski definition) is 4. The first-order chi connectivity index (χ1) is 9.56. The van der Waals surface area contributed by atoms with E-state index in [1.807, 2.05) is 12.1 Å². The molecule has 0 unspecified atom stereocenters. The average molecular weight is 276 g/mol. The SMILES string of the molecule is CCC1(C)CCN(Cc2ccnc(C(N)=NO)c2)CC1. The molecular formula is C15H24N4O. The highest BCUT2D eigenvalue weighted by molar-refractivity contribution is 5.95. The number of nitrogens with two attached hydrogens (primary N) is 1. The molecule has 1 fully saturated rings. The van der Waals surface area contributed by atoms with Crippen molar-refractivity contribution >= 4 is 5.84 Å². The lowest BCUT2D eigenvalue weighted by Crippen LogP contribution is -2.37. The fraction of sp³-hybridized carbons (Fsp3) is 0.600. The van der Waals surface area contributed by atoms with Crippen LogP contribution < -0.4 is 5.73 Å². The monoisotopic (exact) mass is 276 g/mol. The lowest BCUT2D eigenvalue weighted by molar-refractivity contribution is 0.109. The maximum atomic E-state index is 8.70. The highest BCUT2D eigenvalue weighted by Crippen LogP contribution is 2.34. The zero-order valence-corrected chi connectivity index (χ0v) is 12.3. The Morgan fingerprint density at radius 3 is 2.80 bits per heavy atom. The van der Waals surface area contributed by atoms with Gasteiger partial charge < -0.3 is 10.9 Å². The van der Waals surface area contributed by atoms with Gasteiger partial charge in [-0.1, -0.05) is 25.4 Å². The normalized spacial score (nSPS) is 20.0. The van der Waals surface area contributed by atoms with E-state index < -0.39 is 0 Å². The lowest BCUT2D eigenvalue weighted by atomic mass is 9.78. The zero-order chi connectivity index (χ0) is 14.6. The van der Waals surface area contributed by atoms with Crippen molar-refractivity contribution in [3.8, 4) is 0 Å². The highest BCUT2D eigenvalue weighted by Gasteiger charge is 2.28. The molecule has 0 aliphatic carbocycles. The molecule has 1 aromatic heterocycles. The minimum atomic E-state index is 0.0593. The fourth-order valence-corrected chi connectivity index (χ4v) is 2.63. The molecule has 0 atom stereocenters. The van der Waals surface area contributed by atoms with Gasteiger partial charge in [0.1, 0.15) is 5.69 Å². The van der Waals surface area contributed by atoms with Crippen LogP contribution in [0.5, 0.6) is 0 Å². The molecule has 0 amide bonds. The summed E-state index contributed by atoms with van der Waals surface area (Å²) < 4.78 is 0. The van der Waals surface area contributed by atoms with Crippen LogP contribution in [0.15, 0.2) is 23.5 Å². The second-order valence-electron chi connectivity index (χ2n) is 5.97. The summed E-state index contributed by atoms with van der Waals surface area (Å²) in [5.74, 6) is 0.0593. The third-order valence-corrected chi connectivity index (χ3v) is 4.52. The second kappa shape index (κ2) is 6.22. The third kappa shape index (κ3) is 3.48. The van der Waals surface area contributed by atoms with Gasteiger partial charge in [0.05, 0.1) is 0 Å². The van der Waals surface area contributed by atoms with Gasteiger partial charge in [-0.2, -0.15) is 0 Å². The van der Waals surface area contributed by atoms with Crippen molar-refractivity contribution in [3.05, 3.63) is 29.6 Å². The van der Waals surface area contributed by atoms with Crippen LogP contribution in [-0.2, 0) is 6.54 Å². The Balaban J connectivity index is 1.98.